The van der Waals surface area contributed by atoms with Crippen LogP contribution in [0.25, 0.3) is 0 Å². The Morgan fingerprint density at radius 2 is 1.87 bits per heavy atom. The monoisotopic (exact) mass is 310 g/mol. The summed E-state index contributed by atoms with van der Waals surface area (Å²) in [5.74, 6) is 0.835. The smallest absolute Gasteiger partial charge is 0.253 e. The molecule has 1 aromatic carbocycles. The van der Waals surface area contributed by atoms with Crippen molar-refractivity contribution in [1.29, 1.82) is 0 Å². The van der Waals surface area contributed by atoms with Gasteiger partial charge in [0, 0.05) is 24.8 Å². The van der Waals surface area contributed by atoms with Crippen LogP contribution >= 0.6 is 0 Å². The Bertz CT molecular complexity index is 670. The van der Waals surface area contributed by atoms with Gasteiger partial charge in [0.05, 0.1) is 6.04 Å². The number of anilines is 1. The van der Waals surface area contributed by atoms with Crippen molar-refractivity contribution in [3.63, 3.8) is 0 Å². The fraction of sp³-hybridized carbons (Fsp3) is 0.389. The average molecular weight is 310 g/mol. The van der Waals surface area contributed by atoms with Gasteiger partial charge in [-0.2, -0.15) is 5.10 Å². The minimum absolute atomic E-state index is 0.0858. The van der Waals surface area contributed by atoms with Gasteiger partial charge >= 0.3 is 0 Å². The Labute approximate surface area is 136 Å². The molecule has 120 valence electrons. The minimum atomic E-state index is 0.0858. The van der Waals surface area contributed by atoms with Gasteiger partial charge in [-0.3, -0.25) is 4.79 Å². The highest BCUT2D eigenvalue weighted by molar-refractivity contribution is 5.95. The van der Waals surface area contributed by atoms with Gasteiger partial charge in [0.25, 0.3) is 5.91 Å². The molecule has 1 saturated heterocycles. The summed E-state index contributed by atoms with van der Waals surface area (Å²) in [4.78, 5) is 14.3. The average Bonchev–Trinajstić information content (AvgIpc) is 2.50. The first kappa shape index (κ1) is 15.5. The summed E-state index contributed by atoms with van der Waals surface area (Å²) in [6.07, 6.45) is 1.64. The zero-order chi connectivity index (χ0) is 16.4. The molecular weight excluding hydrogens is 288 g/mol. The Kier molecular flexibility index (Phi) is 4.03. The second-order valence-corrected chi connectivity index (χ2v) is 6.99. The van der Waals surface area contributed by atoms with Crippen LogP contribution in [0.2, 0.25) is 0 Å². The van der Waals surface area contributed by atoms with Crippen LogP contribution in [0.4, 0.5) is 5.82 Å². The van der Waals surface area contributed by atoms with E-state index in [1.54, 1.807) is 6.20 Å². The summed E-state index contributed by atoms with van der Waals surface area (Å²) < 4.78 is 0. The summed E-state index contributed by atoms with van der Waals surface area (Å²) in [6.45, 7) is 7.89. The number of nitrogens with zero attached hydrogens (tertiary/aromatic N) is 3. The van der Waals surface area contributed by atoms with E-state index in [2.05, 4.69) is 36.3 Å². The zero-order valence-corrected chi connectivity index (χ0v) is 13.8. The number of hydrogen-bond acceptors (Lipinski definition) is 4. The third-order valence-corrected chi connectivity index (χ3v) is 4.09. The van der Waals surface area contributed by atoms with E-state index >= 15 is 0 Å². The summed E-state index contributed by atoms with van der Waals surface area (Å²) in [5, 5.41) is 11.1. The molecule has 0 saturated carbocycles. The highest BCUT2D eigenvalue weighted by Gasteiger charge is 2.31. The first-order valence-corrected chi connectivity index (χ1v) is 7.87. The molecule has 2 heterocycles. The van der Waals surface area contributed by atoms with E-state index in [1.165, 1.54) is 5.56 Å². The van der Waals surface area contributed by atoms with E-state index in [4.69, 9.17) is 0 Å². The maximum Gasteiger partial charge on any atom is 0.253 e. The van der Waals surface area contributed by atoms with E-state index in [-0.39, 0.29) is 17.4 Å². The van der Waals surface area contributed by atoms with Crippen LogP contribution in [0.3, 0.4) is 0 Å². The number of likely N-dealkylation sites (tertiary alicyclic amines) is 1. The number of carbonyl (C=O) groups excluding carboxylic acids is 1. The molecule has 1 amide bonds. The van der Waals surface area contributed by atoms with E-state index in [1.807, 2.05) is 41.3 Å². The van der Waals surface area contributed by atoms with Gasteiger partial charge in [0.1, 0.15) is 5.82 Å². The lowest BCUT2D eigenvalue weighted by Gasteiger charge is -2.39. The van der Waals surface area contributed by atoms with Crippen molar-refractivity contribution in [2.24, 2.45) is 0 Å². The number of benzene rings is 1. The van der Waals surface area contributed by atoms with E-state index in [0.717, 1.165) is 11.4 Å². The van der Waals surface area contributed by atoms with E-state index in [9.17, 15) is 4.79 Å². The molecule has 1 aliphatic heterocycles. The Hall–Kier alpha value is -2.43. The Morgan fingerprint density at radius 1 is 1.17 bits per heavy atom. The van der Waals surface area contributed by atoms with Gasteiger partial charge in [0.15, 0.2) is 0 Å². The number of rotatable bonds is 3. The van der Waals surface area contributed by atoms with E-state index < -0.39 is 0 Å². The predicted octanol–water partition coefficient (Wildman–Crippen LogP) is 2.71. The molecule has 1 fully saturated rings. The minimum Gasteiger partial charge on any atom is -0.362 e. The lowest BCUT2D eigenvalue weighted by atomic mass is 9.86. The summed E-state index contributed by atoms with van der Waals surface area (Å²) in [7, 11) is 0. The van der Waals surface area contributed by atoms with Crippen LogP contribution in [-0.4, -0.2) is 40.1 Å². The number of nitrogens with one attached hydrogen (secondary N) is 1. The largest absolute Gasteiger partial charge is 0.362 e. The SMILES string of the molecule is CC(C)(C)c1ccc(C(=O)N2CC(Nc3cccnn3)C2)cc1. The van der Waals surface area contributed by atoms with Crippen molar-refractivity contribution in [1.82, 2.24) is 15.1 Å². The van der Waals surface area contributed by atoms with Crippen LogP contribution in [0.5, 0.6) is 0 Å². The number of hydrogen-bond donors (Lipinski definition) is 1. The predicted molar refractivity (Wildman–Crippen MR) is 90.5 cm³/mol. The molecule has 1 aromatic heterocycles. The van der Waals surface area contributed by atoms with Crippen LogP contribution in [-0.2, 0) is 5.41 Å². The molecular formula is C18H22N4O. The Morgan fingerprint density at radius 3 is 2.43 bits per heavy atom. The number of carbonyl (C=O) groups is 1. The molecule has 0 spiro atoms. The van der Waals surface area contributed by atoms with Crippen molar-refractivity contribution in [2.75, 3.05) is 18.4 Å². The van der Waals surface area contributed by atoms with Gasteiger partial charge in [0.2, 0.25) is 0 Å². The zero-order valence-electron chi connectivity index (χ0n) is 13.8. The highest BCUT2D eigenvalue weighted by atomic mass is 16.2. The van der Waals surface area contributed by atoms with Gasteiger partial charge in [-0.15, -0.1) is 5.10 Å². The second kappa shape index (κ2) is 5.99. The van der Waals surface area contributed by atoms with Crippen molar-refractivity contribution >= 4 is 11.7 Å². The number of amides is 1. The maximum atomic E-state index is 12.5. The molecule has 3 rings (SSSR count). The molecule has 2 aromatic rings. The fourth-order valence-corrected chi connectivity index (χ4v) is 2.62. The van der Waals surface area contributed by atoms with Gasteiger partial charge in [-0.25, -0.2) is 0 Å². The first-order valence-electron chi connectivity index (χ1n) is 7.87. The third-order valence-electron chi connectivity index (χ3n) is 4.09. The van der Waals surface area contributed by atoms with Crippen molar-refractivity contribution in [3.05, 3.63) is 53.7 Å². The fourth-order valence-electron chi connectivity index (χ4n) is 2.62. The van der Waals surface area contributed by atoms with Gasteiger partial charge in [-0.05, 0) is 35.2 Å². The molecule has 23 heavy (non-hydrogen) atoms. The summed E-state index contributed by atoms with van der Waals surface area (Å²) in [6, 6.07) is 11.9. The van der Waals surface area contributed by atoms with Gasteiger partial charge in [-0.1, -0.05) is 32.9 Å². The van der Waals surface area contributed by atoms with Crippen LogP contribution in [0.1, 0.15) is 36.7 Å². The highest BCUT2D eigenvalue weighted by Crippen LogP contribution is 2.23. The van der Waals surface area contributed by atoms with Crippen molar-refractivity contribution < 1.29 is 4.79 Å². The summed E-state index contributed by atoms with van der Waals surface area (Å²) in [5.41, 5.74) is 2.08. The van der Waals surface area contributed by atoms with Gasteiger partial charge < -0.3 is 10.2 Å². The molecule has 0 radical (unpaired) electrons. The quantitative estimate of drug-likeness (QED) is 0.947. The standard InChI is InChI=1S/C18H22N4O/c1-18(2,3)14-8-6-13(7-9-14)17(23)22-11-15(12-22)20-16-5-4-10-19-21-16/h4-10,15H,11-12H2,1-3H3,(H,20,21). The third kappa shape index (κ3) is 3.50. The first-order chi connectivity index (χ1) is 10.9. The maximum absolute atomic E-state index is 12.5. The number of aromatic nitrogens is 2. The Balaban J connectivity index is 1.56. The molecule has 1 N–H and O–H groups in total. The molecule has 5 nitrogen and oxygen atoms in total. The van der Waals surface area contributed by atoms with Crippen LogP contribution < -0.4 is 5.32 Å². The van der Waals surface area contributed by atoms with Crippen molar-refractivity contribution in [2.45, 2.75) is 32.2 Å². The molecule has 0 atom stereocenters. The van der Waals surface area contributed by atoms with Crippen LogP contribution in [0.15, 0.2) is 42.6 Å². The topological polar surface area (TPSA) is 58.1 Å². The molecule has 0 bridgehead atoms. The second-order valence-electron chi connectivity index (χ2n) is 6.99. The molecule has 5 heteroatoms. The normalized spacial score (nSPS) is 15.2. The van der Waals surface area contributed by atoms with Crippen molar-refractivity contribution in [3.8, 4) is 0 Å². The van der Waals surface area contributed by atoms with Crippen LogP contribution in [0, 0.1) is 0 Å². The lowest BCUT2D eigenvalue weighted by Crippen LogP contribution is -2.57. The molecule has 0 aliphatic carbocycles. The summed E-state index contributed by atoms with van der Waals surface area (Å²) >= 11 is 0. The molecule has 0 unspecified atom stereocenters. The van der Waals surface area contributed by atoms with E-state index in [0.29, 0.717) is 13.1 Å². The molecule has 1 aliphatic rings. The lowest BCUT2D eigenvalue weighted by molar-refractivity contribution is 0.0625.